The number of nitrogens with one attached hydrogen (secondary N) is 1. The smallest absolute Gasteiger partial charge is 0.263 e. The zero-order valence-corrected chi connectivity index (χ0v) is 17.3. The van der Waals surface area contributed by atoms with Crippen LogP contribution in [0, 0.1) is 6.92 Å². The normalized spacial score (nSPS) is 20.2. The Morgan fingerprint density at radius 3 is 2.63 bits per heavy atom. The van der Waals surface area contributed by atoms with Crippen LogP contribution in [-0.4, -0.2) is 62.2 Å². The number of hydrogen-bond donors (Lipinski definition) is 1. The van der Waals surface area contributed by atoms with E-state index in [4.69, 9.17) is 13.9 Å². The van der Waals surface area contributed by atoms with Gasteiger partial charge in [0.1, 0.15) is 17.3 Å². The minimum absolute atomic E-state index is 0.0914. The van der Waals surface area contributed by atoms with Crippen LogP contribution in [0.5, 0.6) is 5.75 Å². The van der Waals surface area contributed by atoms with Crippen molar-refractivity contribution in [1.29, 1.82) is 0 Å². The highest BCUT2D eigenvalue weighted by atomic mass is 16.5. The molecule has 1 N–H and O–H groups in total. The first kappa shape index (κ1) is 20.4. The molecule has 0 aliphatic carbocycles. The van der Waals surface area contributed by atoms with Gasteiger partial charge in [-0.2, -0.15) is 0 Å². The maximum absolute atomic E-state index is 13.0. The van der Waals surface area contributed by atoms with E-state index >= 15 is 0 Å². The summed E-state index contributed by atoms with van der Waals surface area (Å²) in [6.45, 7) is 6.80. The number of hydrogen-bond acceptors (Lipinski definition) is 6. The molecule has 1 aromatic heterocycles. The van der Waals surface area contributed by atoms with Crippen molar-refractivity contribution in [3.05, 3.63) is 47.9 Å². The average Bonchev–Trinajstić information content (AvgIpc) is 3.19. The third kappa shape index (κ3) is 4.34. The number of nitrogens with zero attached hydrogens (tertiary/aromatic N) is 2. The van der Waals surface area contributed by atoms with Crippen molar-refractivity contribution < 1.29 is 23.5 Å². The van der Waals surface area contributed by atoms with Gasteiger partial charge in [-0.15, -0.1) is 0 Å². The Kier molecular flexibility index (Phi) is 6.06. The predicted octanol–water partition coefficient (Wildman–Crippen LogP) is 1.89. The Morgan fingerprint density at radius 2 is 1.93 bits per heavy atom. The van der Waals surface area contributed by atoms with E-state index in [-0.39, 0.29) is 24.4 Å². The average molecular weight is 413 g/mol. The third-order valence-corrected chi connectivity index (χ3v) is 5.49. The molecule has 0 radical (unpaired) electrons. The van der Waals surface area contributed by atoms with Crippen LogP contribution in [0.3, 0.4) is 0 Å². The Balaban J connectivity index is 1.46. The fraction of sp³-hybridized carbons (Fsp3) is 0.455. The van der Waals surface area contributed by atoms with Crippen molar-refractivity contribution in [3.63, 3.8) is 0 Å². The van der Waals surface area contributed by atoms with E-state index in [0.29, 0.717) is 31.2 Å². The van der Waals surface area contributed by atoms with Crippen LogP contribution in [0.1, 0.15) is 24.5 Å². The number of amides is 2. The summed E-state index contributed by atoms with van der Waals surface area (Å²) >= 11 is 0. The van der Waals surface area contributed by atoms with Gasteiger partial charge in [0, 0.05) is 26.6 Å². The number of furan rings is 1. The number of para-hydroxylation sites is 2. The molecule has 2 atom stereocenters. The maximum atomic E-state index is 13.0. The summed E-state index contributed by atoms with van der Waals surface area (Å²) in [7, 11) is 0. The lowest BCUT2D eigenvalue weighted by molar-refractivity contribution is -0.128. The minimum Gasteiger partial charge on any atom is -0.477 e. The van der Waals surface area contributed by atoms with Gasteiger partial charge in [0.05, 0.1) is 31.5 Å². The van der Waals surface area contributed by atoms with Crippen LogP contribution in [0.25, 0.3) is 0 Å². The molecule has 3 heterocycles. The molecular formula is C22H27N3O5. The van der Waals surface area contributed by atoms with Gasteiger partial charge in [0.2, 0.25) is 5.91 Å². The molecule has 160 valence electrons. The van der Waals surface area contributed by atoms with E-state index in [1.807, 2.05) is 37.3 Å². The Morgan fingerprint density at radius 1 is 1.17 bits per heavy atom. The van der Waals surface area contributed by atoms with Gasteiger partial charge in [-0.3, -0.25) is 14.5 Å². The van der Waals surface area contributed by atoms with E-state index < -0.39 is 6.10 Å². The third-order valence-electron chi connectivity index (χ3n) is 5.49. The van der Waals surface area contributed by atoms with Gasteiger partial charge >= 0.3 is 0 Å². The summed E-state index contributed by atoms with van der Waals surface area (Å²) in [6, 6.07) is 11.0. The standard InChI is InChI=1S/C22H27N3O5/c1-15-7-8-20(29-15)18(24-9-11-28-12-10-24)13-23-22(27)21-14-25(16(2)26)17-5-3-4-6-19(17)30-21/h3-8,18,21H,9-14H2,1-2H3,(H,23,27). The Hall–Kier alpha value is -2.84. The molecule has 30 heavy (non-hydrogen) atoms. The largest absolute Gasteiger partial charge is 0.477 e. The number of morpholine rings is 1. The van der Waals surface area contributed by atoms with Crippen molar-refractivity contribution in [3.8, 4) is 5.75 Å². The molecule has 1 saturated heterocycles. The van der Waals surface area contributed by atoms with Crippen LogP contribution < -0.4 is 15.0 Å². The molecular weight excluding hydrogens is 386 g/mol. The van der Waals surface area contributed by atoms with Gasteiger partial charge in [0.25, 0.3) is 5.91 Å². The first-order chi connectivity index (χ1) is 14.5. The number of aryl methyl sites for hydroxylation is 1. The summed E-state index contributed by atoms with van der Waals surface area (Å²) in [6.07, 6.45) is -0.771. The maximum Gasteiger partial charge on any atom is 0.263 e. The Bertz CT molecular complexity index is 906. The molecule has 1 fully saturated rings. The van der Waals surface area contributed by atoms with Gasteiger partial charge in [-0.05, 0) is 31.2 Å². The first-order valence-corrected chi connectivity index (χ1v) is 10.2. The minimum atomic E-state index is -0.771. The first-order valence-electron chi connectivity index (χ1n) is 10.2. The lowest BCUT2D eigenvalue weighted by Crippen LogP contribution is -2.52. The van der Waals surface area contributed by atoms with Crippen molar-refractivity contribution in [1.82, 2.24) is 10.2 Å². The van der Waals surface area contributed by atoms with E-state index in [1.54, 1.807) is 11.0 Å². The SMILES string of the molecule is CC(=O)N1CC(C(=O)NCC(c2ccc(C)o2)N2CCOCC2)Oc2ccccc21. The van der Waals surface area contributed by atoms with Crippen LogP contribution in [0.4, 0.5) is 5.69 Å². The van der Waals surface area contributed by atoms with Gasteiger partial charge in [-0.25, -0.2) is 0 Å². The molecule has 8 heteroatoms. The summed E-state index contributed by atoms with van der Waals surface area (Å²) in [5.41, 5.74) is 0.686. The molecule has 2 unspecified atom stereocenters. The van der Waals surface area contributed by atoms with E-state index in [1.165, 1.54) is 6.92 Å². The molecule has 2 amide bonds. The van der Waals surface area contributed by atoms with Gasteiger partial charge in [-0.1, -0.05) is 12.1 Å². The summed E-state index contributed by atoms with van der Waals surface area (Å²) in [5.74, 6) is 1.80. The number of carbonyl (C=O) groups is 2. The quantitative estimate of drug-likeness (QED) is 0.806. The monoisotopic (exact) mass is 413 g/mol. The van der Waals surface area contributed by atoms with Crippen molar-refractivity contribution in [2.24, 2.45) is 0 Å². The number of fused-ring (bicyclic) bond motifs is 1. The zero-order valence-electron chi connectivity index (χ0n) is 17.3. The molecule has 0 bridgehead atoms. The number of carbonyl (C=O) groups excluding carboxylic acids is 2. The highest BCUT2D eigenvalue weighted by Gasteiger charge is 2.33. The number of rotatable bonds is 5. The molecule has 0 saturated carbocycles. The van der Waals surface area contributed by atoms with Crippen molar-refractivity contribution >= 4 is 17.5 Å². The van der Waals surface area contributed by atoms with Crippen LogP contribution in [0.2, 0.25) is 0 Å². The van der Waals surface area contributed by atoms with E-state index in [9.17, 15) is 9.59 Å². The summed E-state index contributed by atoms with van der Waals surface area (Å²) < 4.78 is 17.2. The fourth-order valence-electron chi connectivity index (χ4n) is 3.91. The van der Waals surface area contributed by atoms with Gasteiger partial charge < -0.3 is 24.1 Å². The molecule has 8 nitrogen and oxygen atoms in total. The highest BCUT2D eigenvalue weighted by Crippen LogP contribution is 2.33. The highest BCUT2D eigenvalue weighted by molar-refractivity contribution is 5.95. The zero-order chi connectivity index (χ0) is 21.1. The van der Waals surface area contributed by atoms with Crippen molar-refractivity contribution in [2.75, 3.05) is 44.3 Å². The number of benzene rings is 1. The molecule has 2 aromatic rings. The molecule has 1 aromatic carbocycles. The number of anilines is 1. The van der Waals surface area contributed by atoms with Crippen LogP contribution in [-0.2, 0) is 14.3 Å². The lowest BCUT2D eigenvalue weighted by atomic mass is 10.1. The van der Waals surface area contributed by atoms with Crippen molar-refractivity contribution in [2.45, 2.75) is 26.0 Å². The molecule has 0 spiro atoms. The summed E-state index contributed by atoms with van der Waals surface area (Å²) in [4.78, 5) is 28.9. The predicted molar refractivity (Wildman–Crippen MR) is 110 cm³/mol. The lowest BCUT2D eigenvalue weighted by Gasteiger charge is -2.35. The molecule has 2 aliphatic rings. The number of ether oxygens (including phenoxy) is 2. The second-order valence-corrected chi connectivity index (χ2v) is 7.56. The van der Waals surface area contributed by atoms with Crippen LogP contribution >= 0.6 is 0 Å². The van der Waals surface area contributed by atoms with Gasteiger partial charge in [0.15, 0.2) is 6.10 Å². The second kappa shape index (κ2) is 8.89. The Labute approximate surface area is 175 Å². The molecule has 2 aliphatic heterocycles. The van der Waals surface area contributed by atoms with E-state index in [2.05, 4.69) is 10.2 Å². The topological polar surface area (TPSA) is 84.3 Å². The second-order valence-electron chi connectivity index (χ2n) is 7.56. The molecule has 4 rings (SSSR count). The van der Waals surface area contributed by atoms with Crippen LogP contribution in [0.15, 0.2) is 40.8 Å². The summed E-state index contributed by atoms with van der Waals surface area (Å²) in [5, 5.41) is 3.00. The van der Waals surface area contributed by atoms with E-state index in [0.717, 1.165) is 24.6 Å². The fourth-order valence-corrected chi connectivity index (χ4v) is 3.91.